The Hall–Kier alpha value is -2.90. The minimum Gasteiger partial charge on any atom is -0.198 e. The second-order valence-electron chi connectivity index (χ2n) is 11.1. The third-order valence-corrected chi connectivity index (χ3v) is 13.6. The quantitative estimate of drug-likeness (QED) is 0.0947. The van der Waals surface area contributed by atoms with Gasteiger partial charge in [0.25, 0.3) is 0 Å². The summed E-state index contributed by atoms with van der Waals surface area (Å²) in [5.74, 6) is 2.27. The number of carbonyl (C=O) groups is 1. The number of ether oxygens (including phenoxy) is 1. The Morgan fingerprint density at radius 1 is 1.18 bits per heavy atom. The van der Waals surface area contributed by atoms with Crippen molar-refractivity contribution in [2.45, 2.75) is 38.8 Å². The van der Waals surface area contributed by atoms with E-state index in [2.05, 4.69) is 25.4 Å². The van der Waals surface area contributed by atoms with Gasteiger partial charge in [-0.25, -0.2) is 4.79 Å². The fourth-order valence-corrected chi connectivity index (χ4v) is 8.89. The molecule has 0 spiro atoms. The standard InChI is InChI=1S/C31H25ClF2N5O2.PS.Tl/c1-5-20-24(33)12-9-18-7-6-8-21(25(18)20)22-10-11-23-27(26(22)34)36-29(32)37-28(23)38-15-16-39(19(17-38)13-14-35)30(40)41-31(2,3)4;1-2;/h6-12,19H,13,15-17H2,2-4H3;;/q;-1;+2/t19-;;/m0../s1. The first kappa shape index (κ1) is 32.5. The molecular weight excluding hydrogens is 815 g/mol. The summed E-state index contributed by atoms with van der Waals surface area (Å²) in [6.45, 7) is 6.24. The van der Waals surface area contributed by atoms with E-state index in [9.17, 15) is 10.1 Å². The van der Waals surface area contributed by atoms with Crippen LogP contribution in [0.25, 0.3) is 32.8 Å². The fourth-order valence-electron chi connectivity index (χ4n) is 5.29. The van der Waals surface area contributed by atoms with E-state index in [1.165, 1.54) is 6.07 Å². The molecule has 0 bridgehead atoms. The number of anilines is 1. The predicted octanol–water partition coefficient (Wildman–Crippen LogP) is 7.06. The van der Waals surface area contributed by atoms with Crippen molar-refractivity contribution >= 4 is 84.1 Å². The summed E-state index contributed by atoms with van der Waals surface area (Å²) in [4.78, 5) is 25.0. The third-order valence-electron chi connectivity index (χ3n) is 7.10. The molecule has 5 rings (SSSR count). The Morgan fingerprint density at radius 3 is 2.70 bits per heavy atom. The van der Waals surface area contributed by atoms with Crippen LogP contribution in [0.5, 0.6) is 0 Å². The fraction of sp³-hybridized carbons (Fsp3) is 0.290. The van der Waals surface area contributed by atoms with E-state index in [-0.39, 0.29) is 41.4 Å². The van der Waals surface area contributed by atoms with Gasteiger partial charge >= 0.3 is 206 Å². The maximum atomic E-state index is 16.5. The molecule has 44 heavy (non-hydrogen) atoms. The van der Waals surface area contributed by atoms with E-state index in [0.717, 1.165) is 9.39 Å². The first-order valence-corrected chi connectivity index (χ1v) is 24.3. The summed E-state index contributed by atoms with van der Waals surface area (Å²) >= 11 is 9.91. The number of hydrogen-bond acceptors (Lipinski definition) is 7. The summed E-state index contributed by atoms with van der Waals surface area (Å²) in [5, 5.41) is 11.0. The molecule has 0 N–H and O–H groups in total. The Morgan fingerprint density at radius 2 is 1.98 bits per heavy atom. The van der Waals surface area contributed by atoms with Crippen molar-refractivity contribution in [3.63, 3.8) is 0 Å². The van der Waals surface area contributed by atoms with Crippen LogP contribution in [-0.4, -0.2) is 75.3 Å². The summed E-state index contributed by atoms with van der Waals surface area (Å²) in [6, 6.07) is 13.4. The Labute approximate surface area is 275 Å². The van der Waals surface area contributed by atoms with Crippen molar-refractivity contribution in [2.24, 2.45) is 0 Å². The van der Waals surface area contributed by atoms with Crippen LogP contribution < -0.4 is 4.90 Å². The zero-order valence-corrected chi connectivity index (χ0v) is 31.0. The van der Waals surface area contributed by atoms with Gasteiger partial charge in [0.15, 0.2) is 0 Å². The van der Waals surface area contributed by atoms with Gasteiger partial charge in [-0.15, -0.1) is 0 Å². The molecular formula is C31H25ClF2N5O2PSTl+. The minimum atomic E-state index is -1.48. The minimum absolute atomic E-state index is 0.00552. The molecule has 1 saturated heterocycles. The number of halogens is 3. The Balaban J connectivity index is 1.60. The molecule has 4 aromatic rings. The molecule has 1 amide bonds. The second kappa shape index (κ2) is 13.6. The van der Waals surface area contributed by atoms with E-state index >= 15 is 8.78 Å². The number of benzene rings is 3. The number of nitrogens with zero attached hydrogens (tertiary/aromatic N) is 5. The monoisotopic (exact) mass is 840 g/mol. The van der Waals surface area contributed by atoms with Gasteiger partial charge in [-0.05, 0) is 20.8 Å². The molecule has 1 aromatic heterocycles. The van der Waals surface area contributed by atoms with Crippen LogP contribution >= 0.6 is 15.6 Å². The third kappa shape index (κ3) is 6.84. The van der Waals surface area contributed by atoms with Gasteiger partial charge in [-0.3, -0.25) is 0 Å². The van der Waals surface area contributed by atoms with Crippen molar-refractivity contribution < 1.29 is 18.3 Å². The molecule has 0 radical (unpaired) electrons. The molecule has 7 nitrogen and oxygen atoms in total. The number of fused-ring (bicyclic) bond motifs is 2. The summed E-state index contributed by atoms with van der Waals surface area (Å²) in [7, 11) is 0. The van der Waals surface area contributed by atoms with E-state index in [1.54, 1.807) is 56.0 Å². The molecule has 13 heteroatoms. The summed E-state index contributed by atoms with van der Waals surface area (Å²) in [5.41, 5.74) is 0.243. The van der Waals surface area contributed by atoms with E-state index < -0.39 is 52.5 Å². The van der Waals surface area contributed by atoms with E-state index in [1.807, 2.05) is 11.0 Å². The van der Waals surface area contributed by atoms with Gasteiger partial charge in [0.2, 0.25) is 0 Å². The van der Waals surface area contributed by atoms with Crippen molar-refractivity contribution in [3.05, 3.63) is 64.9 Å². The molecule has 3 aromatic carbocycles. The van der Waals surface area contributed by atoms with Crippen LogP contribution in [0.1, 0.15) is 32.8 Å². The smallest absolute Gasteiger partial charge is 0.198 e. The molecule has 0 aliphatic carbocycles. The number of aromatic nitrogens is 2. The van der Waals surface area contributed by atoms with Crippen LogP contribution in [0.2, 0.25) is 5.28 Å². The van der Waals surface area contributed by atoms with Gasteiger partial charge in [-0.2, -0.15) is 5.26 Å². The second-order valence-corrected chi connectivity index (χ2v) is 24.1. The molecule has 1 aliphatic heterocycles. The van der Waals surface area contributed by atoms with Crippen LogP contribution in [0.3, 0.4) is 0 Å². The van der Waals surface area contributed by atoms with Crippen molar-refractivity contribution in [1.82, 2.24) is 14.9 Å². The van der Waals surface area contributed by atoms with E-state index in [4.69, 9.17) is 28.1 Å². The zero-order valence-electron chi connectivity index (χ0n) is 24.1. The maximum absolute atomic E-state index is 16.5. The Kier molecular flexibility index (Phi) is 10.1. The van der Waals surface area contributed by atoms with Gasteiger partial charge < -0.3 is 9.64 Å². The predicted molar refractivity (Wildman–Crippen MR) is 173 cm³/mol. The molecule has 220 valence electrons. The number of amides is 1. The average molecular weight is 840 g/mol. The molecule has 0 unspecified atom stereocenters. The average Bonchev–Trinajstić information content (AvgIpc) is 2.97. The summed E-state index contributed by atoms with van der Waals surface area (Å²) < 4.78 is 41.0. The van der Waals surface area contributed by atoms with Crippen molar-refractivity contribution in [3.8, 4) is 26.6 Å². The zero-order chi connectivity index (χ0) is 31.6. The van der Waals surface area contributed by atoms with Gasteiger partial charge in [0, 0.05) is 6.54 Å². The van der Waals surface area contributed by atoms with E-state index in [0.29, 0.717) is 28.7 Å². The Bertz CT molecular complexity index is 1970. The molecule has 0 saturated carbocycles. The SMILES string of the molecule is CC(C)(C)OC(=O)N1CCN(c2nc(Cl)nc3c(F)c(-c4cccc5ccc(F)c(C#[C][Tl]=[P+]=S)c45)ccc23)C[C@@H]1CC#N. The van der Waals surface area contributed by atoms with Crippen LogP contribution in [-0.2, 0) is 16.5 Å². The first-order chi connectivity index (χ1) is 21.0. The molecule has 2 heterocycles. The van der Waals surface area contributed by atoms with Gasteiger partial charge in [0.1, 0.15) is 5.60 Å². The number of carbonyl (C=O) groups excluding carboxylic acids is 1. The molecule has 1 atom stereocenters. The number of piperazine rings is 1. The molecule has 1 aliphatic rings. The first-order valence-electron chi connectivity index (χ1n) is 13.7. The normalized spacial score (nSPS) is 14.9. The number of rotatable bonds is 3. The van der Waals surface area contributed by atoms with Crippen LogP contribution in [0.4, 0.5) is 19.4 Å². The van der Waals surface area contributed by atoms with Gasteiger partial charge in [-0.1, -0.05) is 0 Å². The summed E-state index contributed by atoms with van der Waals surface area (Å²) in [6.07, 6.45) is -0.426. The van der Waals surface area contributed by atoms with Crippen molar-refractivity contribution in [1.29, 1.82) is 5.26 Å². The van der Waals surface area contributed by atoms with Gasteiger partial charge in [0.05, 0.1) is 18.5 Å². The van der Waals surface area contributed by atoms with Crippen LogP contribution in [0, 0.1) is 32.4 Å². The number of hydrogen-bond donors (Lipinski definition) is 0. The van der Waals surface area contributed by atoms with Crippen molar-refractivity contribution in [2.75, 3.05) is 24.5 Å². The molecule has 1 fully saturated rings. The topological polar surface area (TPSA) is 82.3 Å². The van der Waals surface area contributed by atoms with Crippen LogP contribution in [0.15, 0.2) is 42.5 Å². The number of nitriles is 1.